The minimum Gasteiger partial charge on any atom is -0.307 e. The van der Waals surface area contributed by atoms with Crippen LogP contribution in [0.5, 0.6) is 0 Å². The Morgan fingerprint density at radius 2 is 1.94 bits per heavy atom. The normalized spacial score (nSPS) is 14.4. The van der Waals surface area contributed by atoms with Gasteiger partial charge in [0, 0.05) is 17.8 Å². The second-order valence-corrected chi connectivity index (χ2v) is 5.68. The molecule has 1 N–H and O–H groups in total. The highest BCUT2D eigenvalue weighted by Crippen LogP contribution is 2.21. The Bertz CT molecular complexity index is 326. The van der Waals surface area contributed by atoms with E-state index in [2.05, 4.69) is 25.4 Å². The highest BCUT2D eigenvalue weighted by molar-refractivity contribution is 7.98. The van der Waals surface area contributed by atoms with Crippen molar-refractivity contribution in [2.45, 2.75) is 45.2 Å². The molecule has 0 saturated carbocycles. The summed E-state index contributed by atoms with van der Waals surface area (Å²) in [7, 11) is 0. The van der Waals surface area contributed by atoms with Crippen molar-refractivity contribution in [2.75, 3.05) is 12.0 Å². The van der Waals surface area contributed by atoms with Gasteiger partial charge in [0.05, 0.1) is 0 Å². The molecule has 0 aliphatic rings. The lowest BCUT2D eigenvalue weighted by atomic mass is 10.0. The first-order valence-corrected chi connectivity index (χ1v) is 8.07. The van der Waals surface area contributed by atoms with Gasteiger partial charge in [-0.2, -0.15) is 11.8 Å². The molecule has 0 aromatic heterocycles. The van der Waals surface area contributed by atoms with Crippen molar-refractivity contribution in [1.29, 1.82) is 0 Å². The summed E-state index contributed by atoms with van der Waals surface area (Å²) in [4.78, 5) is 0. The average Bonchev–Trinajstić information content (AvgIpc) is 2.36. The maximum atomic E-state index is 13.0. The summed E-state index contributed by atoms with van der Waals surface area (Å²) in [5.74, 6) is 0.939. The third kappa shape index (κ3) is 5.40. The van der Waals surface area contributed by atoms with Gasteiger partial charge in [0.1, 0.15) is 5.82 Å². The summed E-state index contributed by atoms with van der Waals surface area (Å²) in [6.45, 7) is 4.41. The van der Waals surface area contributed by atoms with Gasteiger partial charge >= 0.3 is 0 Å². The number of halogens is 1. The molecule has 2 unspecified atom stereocenters. The van der Waals surface area contributed by atoms with Crippen LogP contribution in [-0.4, -0.2) is 18.1 Å². The lowest BCUT2D eigenvalue weighted by Crippen LogP contribution is -2.32. The molecule has 2 atom stereocenters. The van der Waals surface area contributed by atoms with Crippen molar-refractivity contribution >= 4 is 11.8 Å². The minimum absolute atomic E-state index is 0.162. The minimum atomic E-state index is -0.162. The van der Waals surface area contributed by atoms with E-state index in [0.717, 1.165) is 12.2 Å². The number of unbranched alkanes of at least 4 members (excludes halogenated alkanes) is 1. The van der Waals surface area contributed by atoms with Crippen LogP contribution in [0, 0.1) is 5.82 Å². The summed E-state index contributed by atoms with van der Waals surface area (Å²) in [5, 5.41) is 3.65. The second-order valence-electron chi connectivity index (χ2n) is 4.77. The van der Waals surface area contributed by atoms with Gasteiger partial charge in [-0.1, -0.05) is 31.9 Å². The molecule has 102 valence electrons. The summed E-state index contributed by atoms with van der Waals surface area (Å²) in [6.07, 6.45) is 5.62. The lowest BCUT2D eigenvalue weighted by Gasteiger charge is -2.23. The van der Waals surface area contributed by atoms with Crippen molar-refractivity contribution < 1.29 is 4.39 Å². The van der Waals surface area contributed by atoms with Crippen molar-refractivity contribution in [1.82, 2.24) is 5.32 Å². The van der Waals surface area contributed by atoms with Gasteiger partial charge in [0.25, 0.3) is 0 Å². The fourth-order valence-electron chi connectivity index (χ4n) is 2.09. The molecule has 0 saturated heterocycles. The molecule has 0 heterocycles. The first-order chi connectivity index (χ1) is 8.67. The number of benzene rings is 1. The molecule has 0 radical (unpaired) electrons. The first kappa shape index (κ1) is 15.5. The predicted octanol–water partition coefficient (Wildman–Crippen LogP) is 4.40. The molecule has 1 nitrogen and oxygen atoms in total. The largest absolute Gasteiger partial charge is 0.307 e. The molecular weight excluding hydrogens is 245 g/mol. The number of rotatable bonds is 8. The van der Waals surface area contributed by atoms with Gasteiger partial charge in [-0.05, 0) is 37.3 Å². The van der Waals surface area contributed by atoms with Crippen molar-refractivity contribution in [3.63, 3.8) is 0 Å². The standard InChI is InChI=1S/C15H24FNS/c1-4-5-6-15(17-12(2)11-18-3)13-7-9-14(16)10-8-13/h7-10,12,15,17H,4-6,11H2,1-3H3. The molecule has 18 heavy (non-hydrogen) atoms. The van der Waals surface area contributed by atoms with Crippen LogP contribution in [0.2, 0.25) is 0 Å². The van der Waals surface area contributed by atoms with Crippen LogP contribution >= 0.6 is 11.8 Å². The van der Waals surface area contributed by atoms with E-state index in [-0.39, 0.29) is 5.82 Å². The molecule has 0 bridgehead atoms. The molecular formula is C15H24FNS. The topological polar surface area (TPSA) is 12.0 Å². The lowest BCUT2D eigenvalue weighted by molar-refractivity contribution is 0.442. The van der Waals surface area contributed by atoms with E-state index in [4.69, 9.17) is 0 Å². The quantitative estimate of drug-likeness (QED) is 0.751. The summed E-state index contributed by atoms with van der Waals surface area (Å²) >= 11 is 1.85. The Kier molecular flexibility index (Phi) is 7.36. The van der Waals surface area contributed by atoms with Crippen LogP contribution < -0.4 is 5.32 Å². The Balaban J connectivity index is 2.67. The monoisotopic (exact) mass is 269 g/mol. The highest BCUT2D eigenvalue weighted by Gasteiger charge is 2.13. The van der Waals surface area contributed by atoms with E-state index in [0.29, 0.717) is 12.1 Å². The SMILES string of the molecule is CCCCC(NC(C)CSC)c1ccc(F)cc1. The number of thioether (sulfide) groups is 1. The molecule has 1 rings (SSSR count). The third-order valence-corrected chi connectivity index (χ3v) is 3.85. The molecule has 0 aliphatic heterocycles. The van der Waals surface area contributed by atoms with Crippen molar-refractivity contribution in [3.05, 3.63) is 35.6 Å². The van der Waals surface area contributed by atoms with E-state index in [9.17, 15) is 4.39 Å². The summed E-state index contributed by atoms with van der Waals surface area (Å²) in [5.41, 5.74) is 1.19. The van der Waals surface area contributed by atoms with E-state index in [1.165, 1.54) is 18.4 Å². The van der Waals surface area contributed by atoms with E-state index >= 15 is 0 Å². The average molecular weight is 269 g/mol. The van der Waals surface area contributed by atoms with E-state index < -0.39 is 0 Å². The Labute approximate surface area is 115 Å². The zero-order valence-electron chi connectivity index (χ0n) is 11.6. The first-order valence-electron chi connectivity index (χ1n) is 6.67. The maximum absolute atomic E-state index is 13.0. The Morgan fingerprint density at radius 3 is 2.50 bits per heavy atom. The number of nitrogens with one attached hydrogen (secondary N) is 1. The molecule has 0 fully saturated rings. The number of hydrogen-bond donors (Lipinski definition) is 1. The molecule has 0 aliphatic carbocycles. The van der Waals surface area contributed by atoms with Gasteiger partial charge < -0.3 is 5.32 Å². The van der Waals surface area contributed by atoms with Gasteiger partial charge in [0.2, 0.25) is 0 Å². The summed E-state index contributed by atoms with van der Waals surface area (Å²) < 4.78 is 13.0. The Hall–Kier alpha value is -0.540. The van der Waals surface area contributed by atoms with E-state index in [1.54, 1.807) is 12.1 Å². The van der Waals surface area contributed by atoms with Crippen LogP contribution in [-0.2, 0) is 0 Å². The zero-order valence-corrected chi connectivity index (χ0v) is 12.4. The second kappa shape index (κ2) is 8.54. The fourth-order valence-corrected chi connectivity index (χ4v) is 2.69. The van der Waals surface area contributed by atoms with Crippen LogP contribution in [0.15, 0.2) is 24.3 Å². The molecule has 1 aromatic rings. The van der Waals surface area contributed by atoms with Crippen LogP contribution in [0.25, 0.3) is 0 Å². The maximum Gasteiger partial charge on any atom is 0.123 e. The van der Waals surface area contributed by atoms with Gasteiger partial charge in [-0.25, -0.2) is 4.39 Å². The third-order valence-electron chi connectivity index (χ3n) is 3.02. The van der Waals surface area contributed by atoms with Gasteiger partial charge in [0.15, 0.2) is 0 Å². The van der Waals surface area contributed by atoms with Crippen LogP contribution in [0.4, 0.5) is 4.39 Å². The van der Waals surface area contributed by atoms with Crippen molar-refractivity contribution in [3.8, 4) is 0 Å². The molecule has 1 aromatic carbocycles. The highest BCUT2D eigenvalue weighted by atomic mass is 32.2. The predicted molar refractivity (Wildman–Crippen MR) is 79.6 cm³/mol. The molecule has 0 spiro atoms. The van der Waals surface area contributed by atoms with Crippen LogP contribution in [0.1, 0.15) is 44.7 Å². The van der Waals surface area contributed by atoms with Crippen molar-refractivity contribution in [2.24, 2.45) is 0 Å². The van der Waals surface area contributed by atoms with Gasteiger partial charge in [-0.3, -0.25) is 0 Å². The van der Waals surface area contributed by atoms with Gasteiger partial charge in [-0.15, -0.1) is 0 Å². The smallest absolute Gasteiger partial charge is 0.123 e. The fraction of sp³-hybridized carbons (Fsp3) is 0.600. The molecule has 3 heteroatoms. The summed E-state index contributed by atoms with van der Waals surface area (Å²) in [6, 6.07) is 7.72. The zero-order chi connectivity index (χ0) is 13.4. The molecule has 0 amide bonds. The van der Waals surface area contributed by atoms with E-state index in [1.807, 2.05) is 23.9 Å². The van der Waals surface area contributed by atoms with Crippen LogP contribution in [0.3, 0.4) is 0 Å². The number of hydrogen-bond acceptors (Lipinski definition) is 2. The Morgan fingerprint density at radius 1 is 1.28 bits per heavy atom.